The lowest BCUT2D eigenvalue weighted by molar-refractivity contribution is 0.0203. The number of pyridine rings is 1. The number of likely N-dealkylation sites (tertiary alicyclic amines) is 1. The van der Waals surface area contributed by atoms with Gasteiger partial charge in [-0.25, -0.2) is 23.4 Å². The predicted molar refractivity (Wildman–Crippen MR) is 172 cm³/mol. The lowest BCUT2D eigenvalue weighted by Crippen LogP contribution is -2.43. The maximum atomic E-state index is 15.0. The molecule has 2 aromatic rings. The summed E-state index contributed by atoms with van der Waals surface area (Å²) in [4.78, 5) is 34.9. The number of ether oxygens (including phenoxy) is 3. The van der Waals surface area contributed by atoms with Crippen LogP contribution >= 0.6 is 0 Å². The van der Waals surface area contributed by atoms with Crippen molar-refractivity contribution in [2.24, 2.45) is 5.92 Å². The van der Waals surface area contributed by atoms with Crippen molar-refractivity contribution in [3.63, 3.8) is 0 Å². The van der Waals surface area contributed by atoms with E-state index in [-0.39, 0.29) is 36.0 Å². The maximum Gasteiger partial charge on any atom is 0.410 e. The van der Waals surface area contributed by atoms with Crippen LogP contribution in [0.4, 0.5) is 22.8 Å². The standard InChI is InChI=1S/C35H49F3N4O5/c1-34(2,3)46-32(43)40(7)17-18-41-14-10-23(11-15-41)12-16-42(33(44)47-35(4,5)6)29-21-26(29)27-19-25(36)20-28(37)30(27)45-22-24-9-8-13-39-31(24)38/h8-9,13,19-20,23,26,29H,10-12,14-18,21-22H2,1-7H3/t26-,29+/m0/s1. The number of rotatable bonds is 11. The number of likely N-dealkylation sites (N-methyl/N-ethyl adjacent to an activating group) is 1. The number of aromatic nitrogens is 1. The average molecular weight is 663 g/mol. The van der Waals surface area contributed by atoms with Crippen molar-refractivity contribution >= 4 is 12.2 Å². The van der Waals surface area contributed by atoms with Crippen molar-refractivity contribution in [1.82, 2.24) is 19.7 Å². The van der Waals surface area contributed by atoms with Gasteiger partial charge in [0.1, 0.15) is 23.6 Å². The number of halogens is 3. The molecule has 1 aliphatic carbocycles. The number of carbonyl (C=O) groups excluding carboxylic acids is 2. The van der Waals surface area contributed by atoms with Gasteiger partial charge in [0.15, 0.2) is 11.6 Å². The summed E-state index contributed by atoms with van der Waals surface area (Å²) >= 11 is 0. The summed E-state index contributed by atoms with van der Waals surface area (Å²) in [6.07, 6.45) is 3.65. The Labute approximate surface area is 276 Å². The summed E-state index contributed by atoms with van der Waals surface area (Å²) < 4.78 is 60.5. The Balaban J connectivity index is 1.37. The van der Waals surface area contributed by atoms with Gasteiger partial charge in [-0.1, -0.05) is 0 Å². The number of carbonyl (C=O) groups is 2. The molecule has 2 heterocycles. The van der Waals surface area contributed by atoms with Crippen LogP contribution in [0.2, 0.25) is 0 Å². The van der Waals surface area contributed by atoms with E-state index in [1.54, 1.807) is 43.7 Å². The minimum absolute atomic E-state index is 0.144. The molecule has 2 fully saturated rings. The first kappa shape index (κ1) is 36.3. The van der Waals surface area contributed by atoms with Crippen LogP contribution in [-0.4, -0.2) is 88.9 Å². The number of benzene rings is 1. The molecule has 9 nitrogen and oxygen atoms in total. The molecule has 1 saturated carbocycles. The first-order valence-corrected chi connectivity index (χ1v) is 16.4. The molecule has 1 saturated heterocycles. The summed E-state index contributed by atoms with van der Waals surface area (Å²) in [6.45, 7) is 14.2. The third-order valence-electron chi connectivity index (χ3n) is 8.37. The van der Waals surface area contributed by atoms with Gasteiger partial charge >= 0.3 is 12.2 Å². The first-order valence-electron chi connectivity index (χ1n) is 16.4. The van der Waals surface area contributed by atoms with Crippen LogP contribution < -0.4 is 4.74 Å². The zero-order valence-corrected chi connectivity index (χ0v) is 28.7. The van der Waals surface area contributed by atoms with Crippen LogP contribution in [0.3, 0.4) is 0 Å². The fraction of sp³-hybridized carbons (Fsp3) is 0.629. The van der Waals surface area contributed by atoms with E-state index in [0.717, 1.165) is 45.0 Å². The second kappa shape index (κ2) is 15.1. The van der Waals surface area contributed by atoms with Gasteiger partial charge in [0.05, 0.1) is 0 Å². The Morgan fingerprint density at radius 2 is 1.64 bits per heavy atom. The lowest BCUT2D eigenvalue weighted by atomic mass is 9.93. The monoisotopic (exact) mass is 662 g/mol. The smallest absolute Gasteiger partial charge is 0.410 e. The molecule has 2 amide bonds. The van der Waals surface area contributed by atoms with E-state index in [2.05, 4.69) is 9.88 Å². The van der Waals surface area contributed by atoms with Gasteiger partial charge in [0.2, 0.25) is 5.95 Å². The van der Waals surface area contributed by atoms with E-state index in [0.29, 0.717) is 31.0 Å². The van der Waals surface area contributed by atoms with Crippen LogP contribution in [0.5, 0.6) is 5.75 Å². The predicted octanol–water partition coefficient (Wildman–Crippen LogP) is 7.14. The number of hydrogen-bond donors (Lipinski definition) is 0. The minimum atomic E-state index is -0.886. The van der Waals surface area contributed by atoms with E-state index in [9.17, 15) is 18.4 Å². The highest BCUT2D eigenvalue weighted by Gasteiger charge is 2.48. The van der Waals surface area contributed by atoms with Crippen molar-refractivity contribution in [3.05, 3.63) is 59.2 Å². The van der Waals surface area contributed by atoms with Crippen LogP contribution in [0.1, 0.15) is 84.3 Å². The third kappa shape index (κ3) is 10.7. The highest BCUT2D eigenvalue weighted by Crippen LogP contribution is 2.49. The Hall–Kier alpha value is -3.54. The molecule has 0 bridgehead atoms. The van der Waals surface area contributed by atoms with Crippen molar-refractivity contribution < 1.29 is 37.0 Å². The van der Waals surface area contributed by atoms with Crippen LogP contribution in [0.15, 0.2) is 30.5 Å². The summed E-state index contributed by atoms with van der Waals surface area (Å²) in [6, 6.07) is 4.68. The fourth-order valence-electron chi connectivity index (χ4n) is 5.80. The van der Waals surface area contributed by atoms with Crippen LogP contribution in [0.25, 0.3) is 0 Å². The molecule has 1 aliphatic heterocycles. The number of nitrogens with zero attached hydrogens (tertiary/aromatic N) is 4. The maximum absolute atomic E-state index is 15.0. The SMILES string of the molecule is CN(CCN1CCC(CCN(C(=O)OC(C)(C)C)[C@@H]2C[C@H]2c2cc(F)cc(F)c2OCc2cccnc2F)CC1)C(=O)OC(C)(C)C. The fourth-order valence-corrected chi connectivity index (χ4v) is 5.80. The van der Waals surface area contributed by atoms with E-state index in [1.165, 1.54) is 18.3 Å². The third-order valence-corrected chi connectivity index (χ3v) is 8.37. The molecule has 1 aromatic carbocycles. The second-order valence-corrected chi connectivity index (χ2v) is 14.6. The topological polar surface area (TPSA) is 84.4 Å². The number of piperidine rings is 1. The zero-order chi connectivity index (χ0) is 34.5. The largest absolute Gasteiger partial charge is 0.485 e. The van der Waals surface area contributed by atoms with Gasteiger partial charge in [0.25, 0.3) is 0 Å². The first-order chi connectivity index (χ1) is 22.0. The van der Waals surface area contributed by atoms with Crippen LogP contribution in [0, 0.1) is 23.5 Å². The molecule has 0 radical (unpaired) electrons. The molecule has 260 valence electrons. The van der Waals surface area contributed by atoms with Crippen molar-refractivity contribution in [2.45, 2.75) is 97.0 Å². The van der Waals surface area contributed by atoms with E-state index in [4.69, 9.17) is 14.2 Å². The average Bonchev–Trinajstić information content (AvgIpc) is 3.75. The molecule has 47 heavy (non-hydrogen) atoms. The number of hydrogen-bond acceptors (Lipinski definition) is 7. The number of amides is 2. The normalized spacial score (nSPS) is 18.9. The highest BCUT2D eigenvalue weighted by molar-refractivity contribution is 5.69. The molecule has 0 N–H and O–H groups in total. The van der Waals surface area contributed by atoms with Crippen LogP contribution in [-0.2, 0) is 16.1 Å². The zero-order valence-electron chi connectivity index (χ0n) is 28.7. The molecular weight excluding hydrogens is 613 g/mol. The summed E-state index contributed by atoms with van der Waals surface area (Å²) in [5.74, 6) is -2.51. The van der Waals surface area contributed by atoms with Gasteiger partial charge < -0.3 is 28.9 Å². The second-order valence-electron chi connectivity index (χ2n) is 14.6. The molecule has 12 heteroatoms. The van der Waals surface area contributed by atoms with E-state index in [1.807, 2.05) is 20.8 Å². The molecular formula is C35H49F3N4O5. The molecule has 2 atom stereocenters. The molecule has 0 spiro atoms. The van der Waals surface area contributed by atoms with Gasteiger partial charge in [-0.3, -0.25) is 0 Å². The van der Waals surface area contributed by atoms with Crippen molar-refractivity contribution in [2.75, 3.05) is 39.8 Å². The quantitative estimate of drug-likeness (QED) is 0.237. The molecule has 4 rings (SSSR count). The van der Waals surface area contributed by atoms with E-state index >= 15 is 4.39 Å². The summed E-state index contributed by atoms with van der Waals surface area (Å²) in [5, 5.41) is 0. The van der Waals surface area contributed by atoms with Gasteiger partial charge in [-0.2, -0.15) is 4.39 Å². The highest BCUT2D eigenvalue weighted by atomic mass is 19.1. The lowest BCUT2D eigenvalue weighted by Gasteiger charge is -2.34. The van der Waals surface area contributed by atoms with Gasteiger partial charge in [-0.05, 0) is 104 Å². The molecule has 0 unspecified atom stereocenters. The van der Waals surface area contributed by atoms with Gasteiger partial charge in [0, 0.05) is 62.0 Å². The summed E-state index contributed by atoms with van der Waals surface area (Å²) in [5.41, 5.74) is -0.812. The van der Waals surface area contributed by atoms with Crippen molar-refractivity contribution in [3.8, 4) is 5.75 Å². The molecule has 1 aromatic heterocycles. The Morgan fingerprint density at radius 3 is 2.28 bits per heavy atom. The summed E-state index contributed by atoms with van der Waals surface area (Å²) in [7, 11) is 1.74. The Morgan fingerprint density at radius 1 is 0.979 bits per heavy atom. The van der Waals surface area contributed by atoms with E-state index < -0.39 is 34.9 Å². The Bertz CT molecular complexity index is 1390. The minimum Gasteiger partial charge on any atom is -0.485 e. The van der Waals surface area contributed by atoms with Gasteiger partial charge in [-0.15, -0.1) is 0 Å². The Kier molecular flexibility index (Phi) is 11.7. The van der Waals surface area contributed by atoms with Crippen molar-refractivity contribution in [1.29, 1.82) is 0 Å². The molecule has 2 aliphatic rings.